The molecule has 2 N–H and O–H groups in total. The van der Waals surface area contributed by atoms with Crippen molar-refractivity contribution < 1.29 is 4.39 Å². The Morgan fingerprint density at radius 2 is 2.20 bits per heavy atom. The molecule has 15 heavy (non-hydrogen) atoms. The van der Waals surface area contributed by atoms with Gasteiger partial charge in [0.15, 0.2) is 0 Å². The monoisotopic (exact) mass is 206 g/mol. The molecule has 2 rings (SSSR count). The van der Waals surface area contributed by atoms with Crippen molar-refractivity contribution in [1.29, 1.82) is 0 Å². The summed E-state index contributed by atoms with van der Waals surface area (Å²) >= 11 is 0. The fraction of sp³-hybridized carbons (Fsp3) is 0.200. The Labute approximate surface area is 86.6 Å². The quantitative estimate of drug-likeness (QED) is 0.797. The molecule has 0 aliphatic heterocycles. The number of pyridine rings is 1. The molecule has 0 fully saturated rings. The zero-order valence-electron chi connectivity index (χ0n) is 8.26. The lowest BCUT2D eigenvalue weighted by Crippen LogP contribution is -2.18. The summed E-state index contributed by atoms with van der Waals surface area (Å²) in [7, 11) is 1.76. The predicted molar refractivity (Wildman–Crippen MR) is 53.4 cm³/mol. The molecule has 0 aromatic carbocycles. The lowest BCUT2D eigenvalue weighted by Gasteiger charge is -2.11. The van der Waals surface area contributed by atoms with E-state index in [1.54, 1.807) is 24.0 Å². The van der Waals surface area contributed by atoms with E-state index in [0.717, 1.165) is 5.69 Å². The van der Waals surface area contributed by atoms with Crippen LogP contribution in [0.5, 0.6) is 0 Å². The second-order valence-corrected chi connectivity index (χ2v) is 3.23. The largest absolute Gasteiger partial charge is 0.318 e. The molecule has 2 heterocycles. The summed E-state index contributed by atoms with van der Waals surface area (Å²) < 4.78 is 15.0. The highest BCUT2D eigenvalue weighted by molar-refractivity contribution is 5.21. The third-order valence-corrected chi connectivity index (χ3v) is 2.26. The highest BCUT2D eigenvalue weighted by Gasteiger charge is 2.17. The van der Waals surface area contributed by atoms with Crippen molar-refractivity contribution in [3.63, 3.8) is 0 Å². The van der Waals surface area contributed by atoms with E-state index >= 15 is 0 Å². The van der Waals surface area contributed by atoms with E-state index in [2.05, 4.69) is 10.1 Å². The van der Waals surface area contributed by atoms with E-state index in [9.17, 15) is 4.39 Å². The van der Waals surface area contributed by atoms with Crippen molar-refractivity contribution >= 4 is 0 Å². The maximum Gasteiger partial charge on any atom is 0.146 e. The summed E-state index contributed by atoms with van der Waals surface area (Å²) in [6, 6.07) is 4.05. The minimum Gasteiger partial charge on any atom is -0.318 e. The van der Waals surface area contributed by atoms with Gasteiger partial charge in [-0.25, -0.2) is 4.39 Å². The molecule has 78 valence electrons. The van der Waals surface area contributed by atoms with E-state index < -0.39 is 11.9 Å². The lowest BCUT2D eigenvalue weighted by molar-refractivity contribution is 0.572. The molecular formula is C10H11FN4. The van der Waals surface area contributed by atoms with Gasteiger partial charge in [-0.05, 0) is 18.2 Å². The van der Waals surface area contributed by atoms with Crippen LogP contribution in [0.3, 0.4) is 0 Å². The molecule has 4 nitrogen and oxygen atoms in total. The molecule has 2 aromatic heterocycles. The van der Waals surface area contributed by atoms with E-state index in [-0.39, 0.29) is 5.69 Å². The molecule has 0 saturated carbocycles. The number of aromatic nitrogens is 3. The van der Waals surface area contributed by atoms with Gasteiger partial charge in [0.1, 0.15) is 5.82 Å². The predicted octanol–water partition coefficient (Wildman–Crippen LogP) is 1.00. The lowest BCUT2D eigenvalue weighted by atomic mass is 10.1. The van der Waals surface area contributed by atoms with Gasteiger partial charge >= 0.3 is 0 Å². The third kappa shape index (κ3) is 1.73. The van der Waals surface area contributed by atoms with Crippen LogP contribution in [-0.4, -0.2) is 14.8 Å². The topological polar surface area (TPSA) is 56.7 Å². The summed E-state index contributed by atoms with van der Waals surface area (Å²) in [4.78, 5) is 3.93. The van der Waals surface area contributed by atoms with Crippen LogP contribution in [0.25, 0.3) is 0 Å². The molecule has 5 heteroatoms. The fourth-order valence-electron chi connectivity index (χ4n) is 1.46. The highest BCUT2D eigenvalue weighted by atomic mass is 19.1. The van der Waals surface area contributed by atoms with Crippen molar-refractivity contribution in [2.75, 3.05) is 0 Å². The summed E-state index contributed by atoms with van der Waals surface area (Å²) in [5, 5.41) is 3.98. The Balaban J connectivity index is 2.41. The van der Waals surface area contributed by atoms with Crippen LogP contribution in [0.4, 0.5) is 4.39 Å². The fourth-order valence-corrected chi connectivity index (χ4v) is 1.46. The van der Waals surface area contributed by atoms with Crippen molar-refractivity contribution in [2.24, 2.45) is 12.8 Å². The normalized spacial score (nSPS) is 12.7. The number of aryl methyl sites for hydroxylation is 1. The number of rotatable bonds is 2. The van der Waals surface area contributed by atoms with E-state index in [1.165, 1.54) is 18.3 Å². The molecule has 1 unspecified atom stereocenters. The molecule has 0 saturated heterocycles. The van der Waals surface area contributed by atoms with Gasteiger partial charge in [0.25, 0.3) is 0 Å². The first-order valence-corrected chi connectivity index (χ1v) is 4.54. The standard InChI is InChI=1S/C10H11FN4/c1-15-8(4-6-14-15)9(12)10-7(11)3-2-5-13-10/h2-6,9H,12H2,1H3. The number of halogens is 1. The molecule has 0 spiro atoms. The minimum absolute atomic E-state index is 0.237. The Hall–Kier alpha value is -1.75. The first-order valence-electron chi connectivity index (χ1n) is 4.54. The Bertz CT molecular complexity index is 466. The Morgan fingerprint density at radius 1 is 1.40 bits per heavy atom. The number of nitrogens with zero attached hydrogens (tertiary/aromatic N) is 3. The maximum atomic E-state index is 13.4. The molecule has 0 aliphatic rings. The van der Waals surface area contributed by atoms with Gasteiger partial charge in [-0.3, -0.25) is 9.67 Å². The zero-order valence-corrected chi connectivity index (χ0v) is 8.26. The summed E-state index contributed by atoms with van der Waals surface area (Å²) in [5.74, 6) is -0.397. The SMILES string of the molecule is Cn1nccc1C(N)c1ncccc1F. The van der Waals surface area contributed by atoms with Crippen LogP contribution < -0.4 is 5.73 Å². The Kier molecular flexibility index (Phi) is 2.47. The van der Waals surface area contributed by atoms with Crippen LogP contribution >= 0.6 is 0 Å². The number of hydrogen-bond acceptors (Lipinski definition) is 3. The summed E-state index contributed by atoms with van der Waals surface area (Å²) in [6.45, 7) is 0. The number of nitrogens with two attached hydrogens (primary N) is 1. The molecule has 0 bridgehead atoms. The second kappa shape index (κ2) is 3.78. The minimum atomic E-state index is -0.585. The average Bonchev–Trinajstić information content (AvgIpc) is 2.64. The number of hydrogen-bond donors (Lipinski definition) is 1. The van der Waals surface area contributed by atoms with Gasteiger partial charge in [-0.15, -0.1) is 0 Å². The van der Waals surface area contributed by atoms with Crippen molar-refractivity contribution in [2.45, 2.75) is 6.04 Å². The van der Waals surface area contributed by atoms with Crippen LogP contribution in [0, 0.1) is 5.82 Å². The van der Waals surface area contributed by atoms with Gasteiger partial charge < -0.3 is 5.73 Å². The summed E-state index contributed by atoms with van der Waals surface area (Å²) in [5.41, 5.74) is 6.87. The van der Waals surface area contributed by atoms with Crippen molar-refractivity contribution in [3.05, 3.63) is 47.8 Å². The molecular weight excluding hydrogens is 195 g/mol. The molecule has 0 radical (unpaired) electrons. The van der Waals surface area contributed by atoms with E-state index in [4.69, 9.17) is 5.73 Å². The van der Waals surface area contributed by atoms with Crippen LogP contribution in [0.2, 0.25) is 0 Å². The van der Waals surface area contributed by atoms with E-state index in [1.807, 2.05) is 0 Å². The third-order valence-electron chi connectivity index (χ3n) is 2.26. The first-order chi connectivity index (χ1) is 7.20. The second-order valence-electron chi connectivity index (χ2n) is 3.23. The zero-order chi connectivity index (χ0) is 10.8. The first kappa shape index (κ1) is 9.79. The van der Waals surface area contributed by atoms with Gasteiger partial charge in [0.2, 0.25) is 0 Å². The molecule has 2 aromatic rings. The molecule has 1 atom stereocenters. The van der Waals surface area contributed by atoms with E-state index in [0.29, 0.717) is 0 Å². The smallest absolute Gasteiger partial charge is 0.146 e. The molecule has 0 aliphatic carbocycles. The summed E-state index contributed by atoms with van der Waals surface area (Å²) in [6.07, 6.45) is 3.14. The molecule has 0 amide bonds. The van der Waals surface area contributed by atoms with Crippen LogP contribution in [0.15, 0.2) is 30.6 Å². The van der Waals surface area contributed by atoms with Crippen molar-refractivity contribution in [1.82, 2.24) is 14.8 Å². The van der Waals surface area contributed by atoms with Crippen molar-refractivity contribution in [3.8, 4) is 0 Å². The van der Waals surface area contributed by atoms with Crippen LogP contribution in [-0.2, 0) is 7.05 Å². The van der Waals surface area contributed by atoms with Gasteiger partial charge in [0, 0.05) is 19.4 Å². The maximum absolute atomic E-state index is 13.4. The Morgan fingerprint density at radius 3 is 2.80 bits per heavy atom. The van der Waals surface area contributed by atoms with Gasteiger partial charge in [-0.1, -0.05) is 0 Å². The van der Waals surface area contributed by atoms with Gasteiger partial charge in [-0.2, -0.15) is 5.10 Å². The van der Waals surface area contributed by atoms with Crippen LogP contribution in [0.1, 0.15) is 17.4 Å². The average molecular weight is 206 g/mol. The van der Waals surface area contributed by atoms with Gasteiger partial charge in [0.05, 0.1) is 17.4 Å². The highest BCUT2D eigenvalue weighted by Crippen LogP contribution is 2.18.